The number of pyridine rings is 1. The first-order valence-corrected chi connectivity index (χ1v) is 6.46. The molecule has 0 bridgehead atoms. The van der Waals surface area contributed by atoms with Gasteiger partial charge in [0.1, 0.15) is 10.0 Å². The Hall–Kier alpha value is -0.690. The average Bonchev–Trinajstić information content (AvgIpc) is 2.26. The maximum Gasteiger partial charge on any atom is 0.243 e. The van der Waals surface area contributed by atoms with E-state index < -0.39 is 10.0 Å². The van der Waals surface area contributed by atoms with E-state index in [0.29, 0.717) is 0 Å². The molecule has 1 aromatic heterocycles. The van der Waals surface area contributed by atoms with Crippen molar-refractivity contribution in [3.05, 3.63) is 23.5 Å². The summed E-state index contributed by atoms with van der Waals surface area (Å²) in [6.45, 7) is 1.94. The number of nitrogens with one attached hydrogen (secondary N) is 1. The van der Waals surface area contributed by atoms with Crippen LogP contribution in [0.25, 0.3) is 0 Å². The van der Waals surface area contributed by atoms with E-state index in [-0.39, 0.29) is 22.7 Å². The minimum absolute atomic E-state index is 0.0278. The molecule has 0 fully saturated rings. The summed E-state index contributed by atoms with van der Waals surface area (Å²) in [7, 11) is -2.11. The molecular weight excluding hydrogens is 252 g/mol. The van der Waals surface area contributed by atoms with E-state index in [1.165, 1.54) is 25.4 Å². The van der Waals surface area contributed by atoms with Crippen molar-refractivity contribution in [2.45, 2.75) is 17.9 Å². The number of ether oxygens (including phenoxy) is 1. The Morgan fingerprint density at radius 3 is 2.88 bits per heavy atom. The van der Waals surface area contributed by atoms with Crippen LogP contribution in [0.1, 0.15) is 6.92 Å². The number of hydrogen-bond acceptors (Lipinski definition) is 4. The van der Waals surface area contributed by atoms with Crippen molar-refractivity contribution in [1.29, 1.82) is 0 Å². The molecule has 7 heteroatoms. The molecule has 1 N–H and O–H groups in total. The Labute approximate surface area is 99.8 Å². The predicted molar refractivity (Wildman–Crippen MR) is 60.9 cm³/mol. The van der Waals surface area contributed by atoms with E-state index in [1.54, 1.807) is 6.92 Å². The van der Waals surface area contributed by atoms with Crippen molar-refractivity contribution in [1.82, 2.24) is 9.71 Å². The molecule has 16 heavy (non-hydrogen) atoms. The van der Waals surface area contributed by atoms with Gasteiger partial charge in [0.05, 0.1) is 6.10 Å². The SMILES string of the molecule is COC(C)CNS(=O)(=O)c1cccnc1Cl. The maximum absolute atomic E-state index is 11.8. The summed E-state index contributed by atoms with van der Waals surface area (Å²) in [4.78, 5) is 3.68. The molecule has 1 unspecified atom stereocenters. The van der Waals surface area contributed by atoms with Crippen molar-refractivity contribution in [3.8, 4) is 0 Å². The number of sulfonamides is 1. The summed E-state index contributed by atoms with van der Waals surface area (Å²) in [5, 5.41) is -0.0416. The van der Waals surface area contributed by atoms with Crippen LogP contribution in [0.15, 0.2) is 23.2 Å². The van der Waals surface area contributed by atoms with E-state index in [0.717, 1.165) is 0 Å². The van der Waals surface area contributed by atoms with Crippen LogP contribution in [0, 0.1) is 0 Å². The van der Waals surface area contributed by atoms with Gasteiger partial charge in [-0.05, 0) is 19.1 Å². The fourth-order valence-electron chi connectivity index (χ4n) is 0.960. The summed E-state index contributed by atoms with van der Waals surface area (Å²) in [5.41, 5.74) is 0. The second-order valence-electron chi connectivity index (χ2n) is 3.19. The van der Waals surface area contributed by atoms with Gasteiger partial charge in [-0.1, -0.05) is 11.6 Å². The van der Waals surface area contributed by atoms with E-state index in [9.17, 15) is 8.42 Å². The zero-order chi connectivity index (χ0) is 12.2. The van der Waals surface area contributed by atoms with Crippen LogP contribution in [-0.4, -0.2) is 33.2 Å². The van der Waals surface area contributed by atoms with Crippen molar-refractivity contribution in [2.75, 3.05) is 13.7 Å². The molecule has 90 valence electrons. The summed E-state index contributed by atoms with van der Waals surface area (Å²) in [5.74, 6) is 0. The second-order valence-corrected chi connectivity index (χ2v) is 5.28. The van der Waals surface area contributed by atoms with Gasteiger partial charge in [0, 0.05) is 19.9 Å². The van der Waals surface area contributed by atoms with Gasteiger partial charge in [0.25, 0.3) is 0 Å². The van der Waals surface area contributed by atoms with Gasteiger partial charge in [-0.2, -0.15) is 0 Å². The monoisotopic (exact) mass is 264 g/mol. The predicted octanol–water partition coefficient (Wildman–Crippen LogP) is 1.05. The molecule has 0 saturated heterocycles. The van der Waals surface area contributed by atoms with Gasteiger partial charge in [0.15, 0.2) is 0 Å². The first kappa shape index (κ1) is 13.4. The molecule has 0 aliphatic carbocycles. The van der Waals surface area contributed by atoms with Crippen LogP contribution in [-0.2, 0) is 14.8 Å². The molecule has 1 heterocycles. The molecule has 0 radical (unpaired) electrons. The fourth-order valence-corrected chi connectivity index (χ4v) is 2.53. The minimum atomic E-state index is -3.62. The van der Waals surface area contributed by atoms with E-state index in [4.69, 9.17) is 16.3 Å². The number of aromatic nitrogens is 1. The third-order valence-electron chi connectivity index (χ3n) is 1.98. The number of halogens is 1. The Bertz CT molecular complexity index is 450. The molecule has 0 aliphatic rings. The van der Waals surface area contributed by atoms with Gasteiger partial charge in [-0.15, -0.1) is 0 Å². The third kappa shape index (κ3) is 3.41. The zero-order valence-corrected chi connectivity index (χ0v) is 10.5. The summed E-state index contributed by atoms with van der Waals surface area (Å²) < 4.78 is 30.9. The van der Waals surface area contributed by atoms with Crippen LogP contribution < -0.4 is 4.72 Å². The van der Waals surface area contributed by atoms with Crippen molar-refractivity contribution in [2.24, 2.45) is 0 Å². The molecule has 0 amide bonds. The van der Waals surface area contributed by atoms with Gasteiger partial charge in [-0.3, -0.25) is 0 Å². The van der Waals surface area contributed by atoms with Gasteiger partial charge in [-0.25, -0.2) is 18.1 Å². The molecule has 5 nitrogen and oxygen atoms in total. The summed E-state index contributed by atoms with van der Waals surface area (Å²) in [6.07, 6.45) is 1.23. The zero-order valence-electron chi connectivity index (χ0n) is 8.97. The smallest absolute Gasteiger partial charge is 0.243 e. The molecular formula is C9H13ClN2O3S. The number of hydrogen-bond donors (Lipinski definition) is 1. The molecule has 1 aromatic rings. The van der Waals surface area contributed by atoms with Crippen molar-refractivity contribution < 1.29 is 13.2 Å². The minimum Gasteiger partial charge on any atom is -0.380 e. The lowest BCUT2D eigenvalue weighted by Gasteiger charge is -2.11. The highest BCUT2D eigenvalue weighted by molar-refractivity contribution is 7.89. The average molecular weight is 265 g/mol. The van der Waals surface area contributed by atoms with Crippen molar-refractivity contribution >= 4 is 21.6 Å². The lowest BCUT2D eigenvalue weighted by Crippen LogP contribution is -2.31. The van der Waals surface area contributed by atoms with Gasteiger partial charge < -0.3 is 4.74 Å². The number of rotatable bonds is 5. The number of methoxy groups -OCH3 is 1. The van der Waals surface area contributed by atoms with Crippen molar-refractivity contribution in [3.63, 3.8) is 0 Å². The Morgan fingerprint density at radius 2 is 2.31 bits per heavy atom. The molecule has 0 saturated carbocycles. The topological polar surface area (TPSA) is 68.3 Å². The molecule has 1 rings (SSSR count). The van der Waals surface area contributed by atoms with E-state index in [2.05, 4.69) is 9.71 Å². The Balaban J connectivity index is 2.83. The van der Waals surface area contributed by atoms with Crippen LogP contribution in [0.2, 0.25) is 5.15 Å². The molecule has 1 atom stereocenters. The highest BCUT2D eigenvalue weighted by Gasteiger charge is 2.18. The van der Waals surface area contributed by atoms with Gasteiger partial charge >= 0.3 is 0 Å². The highest BCUT2D eigenvalue weighted by atomic mass is 35.5. The lowest BCUT2D eigenvalue weighted by molar-refractivity contribution is 0.122. The standard InChI is InChI=1S/C9H13ClN2O3S/c1-7(15-2)6-12-16(13,14)8-4-3-5-11-9(8)10/h3-5,7,12H,6H2,1-2H3. The Morgan fingerprint density at radius 1 is 1.62 bits per heavy atom. The van der Waals surface area contributed by atoms with Gasteiger partial charge in [0.2, 0.25) is 10.0 Å². The normalized spacial score (nSPS) is 13.7. The number of nitrogens with zero attached hydrogens (tertiary/aromatic N) is 1. The molecule has 0 aliphatic heterocycles. The highest BCUT2D eigenvalue weighted by Crippen LogP contribution is 2.17. The second kappa shape index (κ2) is 5.58. The lowest BCUT2D eigenvalue weighted by atomic mass is 10.4. The van der Waals surface area contributed by atoms with E-state index in [1.807, 2.05) is 0 Å². The Kier molecular flexibility index (Phi) is 4.67. The van der Waals surface area contributed by atoms with Crippen LogP contribution in [0.3, 0.4) is 0 Å². The maximum atomic E-state index is 11.8. The quantitative estimate of drug-likeness (QED) is 0.807. The van der Waals surface area contributed by atoms with Crippen LogP contribution in [0.4, 0.5) is 0 Å². The first-order valence-electron chi connectivity index (χ1n) is 4.60. The third-order valence-corrected chi connectivity index (χ3v) is 3.85. The molecule has 0 spiro atoms. The molecule has 0 aromatic carbocycles. The first-order chi connectivity index (χ1) is 7.47. The summed E-state index contributed by atoms with van der Waals surface area (Å²) in [6, 6.07) is 2.91. The largest absolute Gasteiger partial charge is 0.380 e. The summed E-state index contributed by atoms with van der Waals surface area (Å²) >= 11 is 5.70. The van der Waals surface area contributed by atoms with E-state index >= 15 is 0 Å². The van der Waals surface area contributed by atoms with Crippen LogP contribution in [0.5, 0.6) is 0 Å². The fraction of sp³-hybridized carbons (Fsp3) is 0.444. The van der Waals surface area contributed by atoms with Crippen LogP contribution >= 0.6 is 11.6 Å².